The highest BCUT2D eigenvalue weighted by atomic mass is 32.2. The Morgan fingerprint density at radius 2 is 2.31 bits per heavy atom. The molecule has 0 fully saturated rings. The molecule has 3 heteroatoms. The lowest BCUT2D eigenvalue weighted by Gasteiger charge is -2.02. The molecule has 0 aliphatic rings. The van der Waals surface area contributed by atoms with E-state index in [1.807, 2.05) is 11.8 Å². The van der Waals surface area contributed by atoms with E-state index in [9.17, 15) is 0 Å². The molecular formula is C10H17N2S+. The van der Waals surface area contributed by atoms with E-state index in [1.54, 1.807) is 0 Å². The molecule has 0 spiro atoms. The summed E-state index contributed by atoms with van der Waals surface area (Å²) in [5.41, 5.74) is 2.65. The van der Waals surface area contributed by atoms with Gasteiger partial charge in [-0.1, -0.05) is 0 Å². The fourth-order valence-corrected chi connectivity index (χ4v) is 1.46. The average Bonchev–Trinajstić information content (AvgIpc) is 2.12. The fraction of sp³-hybridized carbons (Fsp3) is 0.500. The quantitative estimate of drug-likeness (QED) is 0.444. The second kappa shape index (κ2) is 5.25. The molecule has 2 nitrogen and oxygen atoms in total. The second-order valence-corrected chi connectivity index (χ2v) is 4.01. The van der Waals surface area contributed by atoms with Crippen molar-refractivity contribution in [2.24, 2.45) is 7.05 Å². The first-order valence-electron chi connectivity index (χ1n) is 4.39. The van der Waals surface area contributed by atoms with Gasteiger partial charge in [-0.25, -0.2) is 4.57 Å². The van der Waals surface area contributed by atoms with Crippen LogP contribution in [0.4, 0.5) is 0 Å². The van der Waals surface area contributed by atoms with Crippen molar-refractivity contribution in [2.75, 3.05) is 12.1 Å². The second-order valence-electron chi connectivity index (χ2n) is 3.15. The van der Waals surface area contributed by atoms with Crippen molar-refractivity contribution in [3.63, 3.8) is 0 Å². The highest BCUT2D eigenvalue weighted by molar-refractivity contribution is 7.98. The Bertz CT molecular complexity index is 274. The van der Waals surface area contributed by atoms with Crippen LogP contribution in [0.3, 0.4) is 0 Å². The van der Waals surface area contributed by atoms with Crippen molar-refractivity contribution >= 4 is 11.8 Å². The predicted molar refractivity (Wildman–Crippen MR) is 57.6 cm³/mol. The third kappa shape index (κ3) is 3.36. The zero-order valence-corrected chi connectivity index (χ0v) is 9.32. The van der Waals surface area contributed by atoms with Gasteiger partial charge in [-0.3, -0.25) is 0 Å². The van der Waals surface area contributed by atoms with Crippen LogP contribution in [0.2, 0.25) is 0 Å². The summed E-state index contributed by atoms with van der Waals surface area (Å²) in [5.74, 6) is 1.01. The summed E-state index contributed by atoms with van der Waals surface area (Å²) >= 11 is 1.81. The minimum absolute atomic E-state index is 0.961. The minimum atomic E-state index is 0.961. The molecule has 0 aromatic carbocycles. The van der Waals surface area contributed by atoms with Gasteiger partial charge in [0.1, 0.15) is 7.05 Å². The monoisotopic (exact) mass is 197 g/mol. The van der Waals surface area contributed by atoms with E-state index < -0.39 is 0 Å². The van der Waals surface area contributed by atoms with E-state index in [-0.39, 0.29) is 0 Å². The van der Waals surface area contributed by atoms with E-state index in [4.69, 9.17) is 0 Å². The highest BCUT2D eigenvalue weighted by Gasteiger charge is 2.00. The molecule has 0 aliphatic carbocycles. The minimum Gasteiger partial charge on any atom is -0.304 e. The topological polar surface area (TPSA) is 15.9 Å². The molecule has 0 atom stereocenters. The van der Waals surface area contributed by atoms with Crippen LogP contribution in [0.15, 0.2) is 18.3 Å². The summed E-state index contributed by atoms with van der Waals surface area (Å²) in [7, 11) is 2.06. The lowest BCUT2D eigenvalue weighted by molar-refractivity contribution is -0.677. The molecule has 0 aliphatic heterocycles. The normalized spacial score (nSPS) is 10.4. The molecule has 1 N–H and O–H groups in total. The number of hydrogen-bond donors (Lipinski definition) is 1. The van der Waals surface area contributed by atoms with Crippen molar-refractivity contribution in [3.8, 4) is 0 Å². The number of aryl methyl sites for hydroxylation is 2. The summed E-state index contributed by atoms with van der Waals surface area (Å²) in [5, 5.41) is 3.35. The van der Waals surface area contributed by atoms with Gasteiger partial charge in [0.25, 0.3) is 0 Å². The van der Waals surface area contributed by atoms with Crippen LogP contribution in [0.5, 0.6) is 0 Å². The molecule has 0 radical (unpaired) electrons. The molecule has 72 valence electrons. The Hall–Kier alpha value is -0.540. The molecule has 0 bridgehead atoms. The number of pyridine rings is 1. The lowest BCUT2D eigenvalue weighted by Crippen LogP contribution is -2.31. The van der Waals surface area contributed by atoms with E-state index in [1.165, 1.54) is 11.3 Å². The van der Waals surface area contributed by atoms with Crippen molar-refractivity contribution in [1.29, 1.82) is 0 Å². The molecule has 0 saturated carbocycles. The predicted octanol–water partition coefficient (Wildman–Crippen LogP) is 1.23. The number of nitrogens with zero attached hydrogens (tertiary/aromatic N) is 1. The Labute approximate surface area is 84.4 Å². The average molecular weight is 197 g/mol. The first-order valence-corrected chi connectivity index (χ1v) is 5.78. The Kier molecular flexibility index (Phi) is 4.25. The summed E-state index contributed by atoms with van der Waals surface area (Å²) in [6.07, 6.45) is 4.20. The summed E-state index contributed by atoms with van der Waals surface area (Å²) in [4.78, 5) is 0. The van der Waals surface area contributed by atoms with Crippen LogP contribution in [-0.4, -0.2) is 12.1 Å². The van der Waals surface area contributed by atoms with Gasteiger partial charge in [0.2, 0.25) is 0 Å². The van der Waals surface area contributed by atoms with E-state index in [2.05, 4.69) is 48.4 Å². The Balaban J connectivity index is 2.53. The van der Waals surface area contributed by atoms with Gasteiger partial charge in [0.15, 0.2) is 11.9 Å². The Morgan fingerprint density at radius 1 is 1.54 bits per heavy atom. The molecule has 1 heterocycles. The SMILES string of the molecule is CSCNCc1cc[n+](C)c(C)c1. The highest BCUT2D eigenvalue weighted by Crippen LogP contribution is 1.99. The smallest absolute Gasteiger partial charge is 0.178 e. The maximum atomic E-state index is 3.35. The van der Waals surface area contributed by atoms with E-state index in [0.29, 0.717) is 0 Å². The van der Waals surface area contributed by atoms with Crippen LogP contribution in [0.1, 0.15) is 11.3 Å². The first-order chi connectivity index (χ1) is 6.24. The number of hydrogen-bond acceptors (Lipinski definition) is 2. The van der Waals surface area contributed by atoms with Crippen LogP contribution in [0, 0.1) is 6.92 Å². The van der Waals surface area contributed by atoms with Crippen LogP contribution in [-0.2, 0) is 13.6 Å². The molecular weight excluding hydrogens is 180 g/mol. The van der Waals surface area contributed by atoms with Gasteiger partial charge in [-0.2, -0.15) is 0 Å². The van der Waals surface area contributed by atoms with Crippen molar-refractivity contribution in [2.45, 2.75) is 13.5 Å². The van der Waals surface area contributed by atoms with Gasteiger partial charge < -0.3 is 5.32 Å². The third-order valence-corrected chi connectivity index (χ3v) is 2.53. The maximum Gasteiger partial charge on any atom is 0.178 e. The summed E-state index contributed by atoms with van der Waals surface area (Å²) in [6, 6.07) is 4.37. The zero-order valence-electron chi connectivity index (χ0n) is 8.50. The van der Waals surface area contributed by atoms with Crippen molar-refractivity contribution < 1.29 is 4.57 Å². The lowest BCUT2D eigenvalue weighted by atomic mass is 10.2. The third-order valence-electron chi connectivity index (χ3n) is 2.04. The van der Waals surface area contributed by atoms with Gasteiger partial charge in [0, 0.05) is 31.5 Å². The summed E-state index contributed by atoms with van der Waals surface area (Å²) in [6.45, 7) is 3.08. The van der Waals surface area contributed by atoms with Gasteiger partial charge in [0.05, 0.1) is 0 Å². The number of nitrogens with one attached hydrogen (secondary N) is 1. The van der Waals surface area contributed by atoms with Gasteiger partial charge >= 0.3 is 0 Å². The largest absolute Gasteiger partial charge is 0.304 e. The zero-order chi connectivity index (χ0) is 9.68. The van der Waals surface area contributed by atoms with Crippen molar-refractivity contribution in [3.05, 3.63) is 29.6 Å². The molecule has 0 saturated heterocycles. The maximum absolute atomic E-state index is 3.35. The molecule has 1 aromatic heterocycles. The standard InChI is InChI=1S/C10H17N2S/c1-9-6-10(4-5-12(9)2)7-11-8-13-3/h4-6,11H,7-8H2,1-3H3/q+1. The first kappa shape index (κ1) is 10.5. The molecule has 0 unspecified atom stereocenters. The number of aromatic nitrogens is 1. The molecule has 13 heavy (non-hydrogen) atoms. The van der Waals surface area contributed by atoms with E-state index in [0.717, 1.165) is 12.4 Å². The number of thioether (sulfide) groups is 1. The molecule has 0 amide bonds. The molecule has 1 aromatic rings. The summed E-state index contributed by atoms with van der Waals surface area (Å²) < 4.78 is 2.12. The van der Waals surface area contributed by atoms with Gasteiger partial charge in [-0.15, -0.1) is 11.8 Å². The van der Waals surface area contributed by atoms with Crippen LogP contribution in [0.25, 0.3) is 0 Å². The Morgan fingerprint density at radius 3 is 2.92 bits per heavy atom. The number of rotatable bonds is 4. The van der Waals surface area contributed by atoms with Gasteiger partial charge in [-0.05, 0) is 11.8 Å². The van der Waals surface area contributed by atoms with E-state index >= 15 is 0 Å². The fourth-order valence-electron chi connectivity index (χ4n) is 1.15. The van der Waals surface area contributed by atoms with Crippen LogP contribution < -0.4 is 9.88 Å². The van der Waals surface area contributed by atoms with Crippen LogP contribution >= 0.6 is 11.8 Å². The molecule has 1 rings (SSSR count). The van der Waals surface area contributed by atoms with Crippen molar-refractivity contribution in [1.82, 2.24) is 5.32 Å².